The highest BCUT2D eigenvalue weighted by molar-refractivity contribution is 9.10. The molecule has 1 aromatic heterocycles. The van der Waals surface area contributed by atoms with E-state index in [0.29, 0.717) is 5.41 Å². The zero-order valence-corrected chi connectivity index (χ0v) is 12.8. The summed E-state index contributed by atoms with van der Waals surface area (Å²) in [6.07, 6.45) is 5.26. The van der Waals surface area contributed by atoms with Gasteiger partial charge in [0, 0.05) is 6.54 Å². The SMILES string of the molecule is CCCCCC(C)(C)CNCc1ccc(Br)o1. The fourth-order valence-corrected chi connectivity index (χ4v) is 2.25. The number of unbranched alkanes of at least 4 members (excludes halogenated alkanes) is 2. The minimum Gasteiger partial charge on any atom is -0.453 e. The van der Waals surface area contributed by atoms with Crippen molar-refractivity contribution in [1.29, 1.82) is 0 Å². The normalized spacial score (nSPS) is 12.0. The van der Waals surface area contributed by atoms with Crippen LogP contribution in [0.2, 0.25) is 0 Å². The quantitative estimate of drug-likeness (QED) is 0.702. The molecule has 0 aliphatic heterocycles. The van der Waals surface area contributed by atoms with E-state index in [4.69, 9.17) is 4.42 Å². The molecule has 1 rings (SSSR count). The molecule has 3 heteroatoms. The molecule has 0 atom stereocenters. The highest BCUT2D eigenvalue weighted by Crippen LogP contribution is 2.23. The van der Waals surface area contributed by atoms with Crippen LogP contribution in [0, 0.1) is 5.41 Å². The Morgan fingerprint density at radius 2 is 2.06 bits per heavy atom. The van der Waals surface area contributed by atoms with Gasteiger partial charge in [-0.3, -0.25) is 0 Å². The maximum absolute atomic E-state index is 5.45. The van der Waals surface area contributed by atoms with Gasteiger partial charge >= 0.3 is 0 Å². The van der Waals surface area contributed by atoms with E-state index >= 15 is 0 Å². The van der Waals surface area contributed by atoms with E-state index in [1.54, 1.807) is 0 Å². The van der Waals surface area contributed by atoms with E-state index in [0.717, 1.165) is 23.5 Å². The van der Waals surface area contributed by atoms with Gasteiger partial charge in [0.1, 0.15) is 5.76 Å². The summed E-state index contributed by atoms with van der Waals surface area (Å²) < 4.78 is 6.25. The van der Waals surface area contributed by atoms with Crippen LogP contribution in [0.25, 0.3) is 0 Å². The third-order valence-corrected chi connectivity index (χ3v) is 3.41. The Bertz CT molecular complexity index is 320. The van der Waals surface area contributed by atoms with Crippen molar-refractivity contribution in [3.63, 3.8) is 0 Å². The summed E-state index contributed by atoms with van der Waals surface area (Å²) in [6, 6.07) is 3.94. The van der Waals surface area contributed by atoms with Gasteiger partial charge < -0.3 is 9.73 Å². The Morgan fingerprint density at radius 1 is 1.29 bits per heavy atom. The van der Waals surface area contributed by atoms with Crippen molar-refractivity contribution >= 4 is 15.9 Å². The highest BCUT2D eigenvalue weighted by atomic mass is 79.9. The molecule has 0 bridgehead atoms. The van der Waals surface area contributed by atoms with Crippen molar-refractivity contribution in [3.8, 4) is 0 Å². The molecule has 17 heavy (non-hydrogen) atoms. The van der Waals surface area contributed by atoms with Crippen molar-refractivity contribution in [3.05, 3.63) is 22.6 Å². The minimum absolute atomic E-state index is 0.374. The average molecular weight is 302 g/mol. The first-order valence-electron chi connectivity index (χ1n) is 6.48. The summed E-state index contributed by atoms with van der Waals surface area (Å²) in [7, 11) is 0. The van der Waals surface area contributed by atoms with Crippen molar-refractivity contribution in [2.45, 2.75) is 53.0 Å². The van der Waals surface area contributed by atoms with Crippen LogP contribution in [0.3, 0.4) is 0 Å². The molecule has 0 saturated carbocycles. The number of rotatable bonds is 8. The standard InChI is InChI=1S/C14H24BrNO/c1-4-5-6-9-14(2,3)11-16-10-12-7-8-13(15)17-12/h7-8,16H,4-6,9-11H2,1-3H3. The Morgan fingerprint density at radius 3 is 2.65 bits per heavy atom. The van der Waals surface area contributed by atoms with Gasteiger partial charge in [-0.2, -0.15) is 0 Å². The zero-order chi connectivity index (χ0) is 12.7. The van der Waals surface area contributed by atoms with Crippen molar-refractivity contribution < 1.29 is 4.42 Å². The molecule has 0 spiro atoms. The van der Waals surface area contributed by atoms with Crippen LogP contribution >= 0.6 is 15.9 Å². The number of nitrogens with one attached hydrogen (secondary N) is 1. The molecule has 1 aromatic rings. The predicted molar refractivity (Wildman–Crippen MR) is 76.0 cm³/mol. The summed E-state index contributed by atoms with van der Waals surface area (Å²) in [4.78, 5) is 0. The zero-order valence-electron chi connectivity index (χ0n) is 11.2. The Labute approximate surface area is 113 Å². The van der Waals surface area contributed by atoms with Crippen LogP contribution in [0.1, 0.15) is 52.2 Å². The smallest absolute Gasteiger partial charge is 0.169 e. The molecule has 0 saturated heterocycles. The van der Waals surface area contributed by atoms with Crippen molar-refractivity contribution in [2.24, 2.45) is 5.41 Å². The predicted octanol–water partition coefficient (Wildman–Crippen LogP) is 4.74. The summed E-state index contributed by atoms with van der Waals surface area (Å²) in [5, 5.41) is 3.47. The molecule has 0 aliphatic rings. The van der Waals surface area contributed by atoms with Crippen LogP contribution in [-0.2, 0) is 6.54 Å². The molecule has 0 fully saturated rings. The monoisotopic (exact) mass is 301 g/mol. The van der Waals surface area contributed by atoms with Crippen molar-refractivity contribution in [2.75, 3.05) is 6.54 Å². The lowest BCUT2D eigenvalue weighted by atomic mass is 9.87. The van der Waals surface area contributed by atoms with Gasteiger partial charge in [0.25, 0.3) is 0 Å². The van der Waals surface area contributed by atoms with Crippen LogP contribution < -0.4 is 5.32 Å². The van der Waals surface area contributed by atoms with Crippen LogP contribution in [-0.4, -0.2) is 6.54 Å². The first-order valence-corrected chi connectivity index (χ1v) is 7.28. The van der Waals surface area contributed by atoms with Gasteiger partial charge in [-0.15, -0.1) is 0 Å². The van der Waals surface area contributed by atoms with Gasteiger partial charge in [0.2, 0.25) is 0 Å². The molecule has 0 unspecified atom stereocenters. The van der Waals surface area contributed by atoms with E-state index in [2.05, 4.69) is 42.0 Å². The topological polar surface area (TPSA) is 25.2 Å². The van der Waals surface area contributed by atoms with Crippen LogP contribution in [0.5, 0.6) is 0 Å². The third-order valence-electron chi connectivity index (χ3n) is 2.99. The lowest BCUT2D eigenvalue weighted by Crippen LogP contribution is -2.28. The van der Waals surface area contributed by atoms with E-state index in [-0.39, 0.29) is 0 Å². The Balaban J connectivity index is 2.20. The van der Waals surface area contributed by atoms with E-state index in [1.165, 1.54) is 25.7 Å². The lowest BCUT2D eigenvalue weighted by molar-refractivity contribution is 0.296. The molecule has 0 amide bonds. The summed E-state index contributed by atoms with van der Waals surface area (Å²) in [6.45, 7) is 8.75. The third kappa shape index (κ3) is 6.27. The fraction of sp³-hybridized carbons (Fsp3) is 0.714. The number of hydrogen-bond acceptors (Lipinski definition) is 2. The second-order valence-corrected chi connectivity index (χ2v) is 6.21. The number of furan rings is 1. The minimum atomic E-state index is 0.374. The fourth-order valence-electron chi connectivity index (χ4n) is 1.91. The molecular weight excluding hydrogens is 278 g/mol. The van der Waals surface area contributed by atoms with Gasteiger partial charge in [-0.1, -0.05) is 40.0 Å². The average Bonchev–Trinajstić information content (AvgIpc) is 2.64. The number of hydrogen-bond donors (Lipinski definition) is 1. The van der Waals surface area contributed by atoms with Crippen molar-refractivity contribution in [1.82, 2.24) is 5.32 Å². The molecule has 2 nitrogen and oxygen atoms in total. The van der Waals surface area contributed by atoms with Crippen LogP contribution in [0.4, 0.5) is 0 Å². The van der Waals surface area contributed by atoms with Gasteiger partial charge in [0.05, 0.1) is 6.54 Å². The van der Waals surface area contributed by atoms with E-state index in [9.17, 15) is 0 Å². The highest BCUT2D eigenvalue weighted by Gasteiger charge is 2.16. The molecule has 0 radical (unpaired) electrons. The Hall–Kier alpha value is -0.280. The molecule has 1 heterocycles. The maximum Gasteiger partial charge on any atom is 0.169 e. The molecule has 0 aromatic carbocycles. The first kappa shape index (κ1) is 14.8. The molecule has 0 aliphatic carbocycles. The first-order chi connectivity index (χ1) is 8.03. The summed E-state index contributed by atoms with van der Waals surface area (Å²) in [5.74, 6) is 0.987. The van der Waals surface area contributed by atoms with E-state index in [1.807, 2.05) is 12.1 Å². The van der Waals surface area contributed by atoms with Crippen LogP contribution in [0.15, 0.2) is 21.2 Å². The maximum atomic E-state index is 5.45. The Kier molecular flexibility index (Phi) is 6.28. The van der Waals surface area contributed by atoms with Gasteiger partial charge in [-0.25, -0.2) is 0 Å². The van der Waals surface area contributed by atoms with Gasteiger partial charge in [-0.05, 0) is 39.9 Å². The summed E-state index contributed by atoms with van der Waals surface area (Å²) >= 11 is 3.31. The molecular formula is C14H24BrNO. The second kappa shape index (κ2) is 7.22. The summed E-state index contributed by atoms with van der Waals surface area (Å²) in [5.41, 5.74) is 0.374. The number of halogens is 1. The second-order valence-electron chi connectivity index (χ2n) is 5.43. The van der Waals surface area contributed by atoms with Gasteiger partial charge in [0.15, 0.2) is 4.67 Å². The lowest BCUT2D eigenvalue weighted by Gasteiger charge is -2.24. The van der Waals surface area contributed by atoms with E-state index < -0.39 is 0 Å². The molecule has 98 valence electrons. The molecule has 1 N–H and O–H groups in total. The largest absolute Gasteiger partial charge is 0.453 e.